The van der Waals surface area contributed by atoms with Crippen molar-refractivity contribution in [1.29, 1.82) is 5.26 Å². The van der Waals surface area contributed by atoms with Gasteiger partial charge in [-0.25, -0.2) is 0 Å². The van der Waals surface area contributed by atoms with Crippen LogP contribution in [0.5, 0.6) is 0 Å². The zero-order valence-electron chi connectivity index (χ0n) is 10.7. The van der Waals surface area contributed by atoms with Crippen LogP contribution in [0.4, 0.5) is 0 Å². The molecule has 0 aliphatic carbocycles. The number of nitrogens with zero attached hydrogens (tertiary/aromatic N) is 2. The maximum atomic E-state index is 8.74. The third-order valence-corrected chi connectivity index (χ3v) is 1.47. The Balaban J connectivity index is 0. The fourth-order valence-corrected chi connectivity index (χ4v) is 0.767. The molecule has 0 aromatic heterocycles. The summed E-state index contributed by atoms with van der Waals surface area (Å²) in [6.45, 7) is 0.842. The van der Waals surface area contributed by atoms with Crippen molar-refractivity contribution in [3.63, 3.8) is 0 Å². The highest BCUT2D eigenvalue weighted by Crippen LogP contribution is 1.98. The number of hydrogen-bond acceptors (Lipinski definition) is 5. The summed E-state index contributed by atoms with van der Waals surface area (Å²) in [6.07, 6.45) is 6.42. The van der Waals surface area contributed by atoms with Gasteiger partial charge >= 0.3 is 10.4 Å². The Hall–Kier alpha value is -1.40. The molecule has 0 unspecified atom stereocenters. The summed E-state index contributed by atoms with van der Waals surface area (Å²) in [5.41, 5.74) is 0.799. The van der Waals surface area contributed by atoms with Gasteiger partial charge in [-0.15, -0.1) is 0 Å². The molecule has 18 heavy (non-hydrogen) atoms. The van der Waals surface area contributed by atoms with Crippen LogP contribution in [0.15, 0.2) is 23.9 Å². The van der Waals surface area contributed by atoms with E-state index < -0.39 is 10.4 Å². The first-order chi connectivity index (χ1) is 8.20. The van der Waals surface area contributed by atoms with Crippen LogP contribution in [0.2, 0.25) is 0 Å². The number of hydrogen-bond donors (Lipinski definition) is 3. The topological polar surface area (TPSA) is 114 Å². The lowest BCUT2D eigenvalue weighted by Crippen LogP contribution is -2.07. The number of nitriles is 1. The Morgan fingerprint density at radius 2 is 1.94 bits per heavy atom. The molecule has 0 amide bonds. The molecule has 0 spiro atoms. The second-order valence-electron chi connectivity index (χ2n) is 3.41. The zero-order chi connectivity index (χ0) is 14.6. The van der Waals surface area contributed by atoms with Gasteiger partial charge in [0.15, 0.2) is 0 Å². The Morgan fingerprint density at radius 1 is 1.44 bits per heavy atom. The molecule has 0 atom stereocenters. The molecular formula is C10H19N3O4S. The largest absolute Gasteiger partial charge is 0.394 e. The Kier molecular flexibility index (Phi) is 11.3. The minimum absolute atomic E-state index is 0.783. The first kappa shape index (κ1) is 19.0. The van der Waals surface area contributed by atoms with Crippen LogP contribution in [0, 0.1) is 11.3 Å². The summed E-state index contributed by atoms with van der Waals surface area (Å²) in [5.74, 6) is 0. The molecule has 0 aromatic rings. The molecule has 104 valence electrons. The second-order valence-corrected chi connectivity index (χ2v) is 4.31. The highest BCUT2D eigenvalue weighted by molar-refractivity contribution is 7.79. The Morgan fingerprint density at radius 3 is 2.28 bits per heavy atom. The van der Waals surface area contributed by atoms with E-state index in [-0.39, 0.29) is 0 Å². The van der Waals surface area contributed by atoms with Crippen LogP contribution in [0.25, 0.3) is 0 Å². The van der Waals surface area contributed by atoms with Gasteiger partial charge in [0.2, 0.25) is 0 Å². The molecule has 0 aliphatic rings. The first-order valence-electron chi connectivity index (χ1n) is 4.99. The summed E-state index contributed by atoms with van der Waals surface area (Å²) in [4.78, 5) is 1.93. The van der Waals surface area contributed by atoms with Crippen LogP contribution in [-0.2, 0) is 10.4 Å². The van der Waals surface area contributed by atoms with Gasteiger partial charge in [0.1, 0.15) is 0 Å². The molecule has 0 rings (SSSR count). The molecule has 0 saturated carbocycles. The van der Waals surface area contributed by atoms with Gasteiger partial charge in [0.05, 0.1) is 6.07 Å². The van der Waals surface area contributed by atoms with Crippen molar-refractivity contribution < 1.29 is 17.5 Å². The van der Waals surface area contributed by atoms with Crippen molar-refractivity contribution in [2.75, 3.05) is 27.7 Å². The lowest BCUT2D eigenvalue weighted by atomic mass is 10.2. The van der Waals surface area contributed by atoms with Gasteiger partial charge in [-0.2, -0.15) is 13.7 Å². The monoisotopic (exact) mass is 277 g/mol. The standard InChI is InChI=1S/C10H17N3.H2O4S/c1-12-7-6-10(9-11)5-4-8-13(2)3;1-5(2,3)4/h4-5,8,12H,6-7H2,1-3H3;(H2,1,2,3,4). The first-order valence-corrected chi connectivity index (χ1v) is 6.38. The van der Waals surface area contributed by atoms with Gasteiger partial charge in [-0.05, 0) is 38.4 Å². The molecule has 0 fully saturated rings. The van der Waals surface area contributed by atoms with E-state index in [1.54, 1.807) is 0 Å². The van der Waals surface area contributed by atoms with Gasteiger partial charge in [0.25, 0.3) is 0 Å². The second kappa shape index (κ2) is 10.7. The minimum Gasteiger partial charge on any atom is -0.383 e. The van der Waals surface area contributed by atoms with Gasteiger partial charge in [-0.3, -0.25) is 9.11 Å². The lowest BCUT2D eigenvalue weighted by Gasteiger charge is -2.01. The highest BCUT2D eigenvalue weighted by Gasteiger charge is 1.91. The summed E-state index contributed by atoms with van der Waals surface area (Å²) in [6, 6.07) is 2.16. The molecule has 0 saturated heterocycles. The van der Waals surface area contributed by atoms with Crippen molar-refractivity contribution >= 4 is 10.4 Å². The van der Waals surface area contributed by atoms with Crippen molar-refractivity contribution in [2.45, 2.75) is 6.42 Å². The molecule has 0 aromatic carbocycles. The van der Waals surface area contributed by atoms with Crippen LogP contribution < -0.4 is 5.32 Å². The molecule has 7 nitrogen and oxygen atoms in total. The average Bonchev–Trinajstić information content (AvgIpc) is 2.20. The van der Waals surface area contributed by atoms with E-state index in [1.807, 2.05) is 44.4 Å². The van der Waals surface area contributed by atoms with Crippen LogP contribution in [-0.4, -0.2) is 50.1 Å². The van der Waals surface area contributed by atoms with Crippen molar-refractivity contribution in [1.82, 2.24) is 10.2 Å². The van der Waals surface area contributed by atoms with E-state index in [0.717, 1.165) is 18.5 Å². The highest BCUT2D eigenvalue weighted by atomic mass is 32.3. The van der Waals surface area contributed by atoms with E-state index in [0.29, 0.717) is 0 Å². The van der Waals surface area contributed by atoms with Crippen molar-refractivity contribution in [3.8, 4) is 6.07 Å². The zero-order valence-corrected chi connectivity index (χ0v) is 11.5. The number of allylic oxidation sites excluding steroid dienone is 2. The molecule has 3 N–H and O–H groups in total. The maximum absolute atomic E-state index is 8.74. The van der Waals surface area contributed by atoms with Crippen molar-refractivity contribution in [2.24, 2.45) is 0 Å². The van der Waals surface area contributed by atoms with Gasteiger partial charge in [0, 0.05) is 19.7 Å². The SMILES string of the molecule is CNCCC(C#N)=CC=CN(C)C.O=S(=O)(O)O. The molecule has 0 aliphatic heterocycles. The average molecular weight is 277 g/mol. The molecule has 0 radical (unpaired) electrons. The number of rotatable bonds is 5. The van der Waals surface area contributed by atoms with E-state index >= 15 is 0 Å². The predicted molar refractivity (Wildman–Crippen MR) is 69.2 cm³/mol. The third kappa shape index (κ3) is 24.0. The normalized spacial score (nSPS) is 11.7. The summed E-state index contributed by atoms with van der Waals surface area (Å²) >= 11 is 0. The fourth-order valence-electron chi connectivity index (χ4n) is 0.767. The maximum Gasteiger partial charge on any atom is 0.394 e. The third-order valence-electron chi connectivity index (χ3n) is 1.47. The van der Waals surface area contributed by atoms with E-state index in [4.69, 9.17) is 22.8 Å². The van der Waals surface area contributed by atoms with E-state index in [1.165, 1.54) is 0 Å². The molecule has 0 bridgehead atoms. The predicted octanol–water partition coefficient (Wildman–Crippen LogP) is 0.468. The Labute approximate surface area is 108 Å². The summed E-state index contributed by atoms with van der Waals surface area (Å²) in [7, 11) is 1.11. The van der Waals surface area contributed by atoms with Crippen LogP contribution >= 0.6 is 0 Å². The minimum atomic E-state index is -4.67. The molecule has 0 heterocycles. The molecular weight excluding hydrogens is 258 g/mol. The van der Waals surface area contributed by atoms with Gasteiger partial charge in [-0.1, -0.05) is 0 Å². The quantitative estimate of drug-likeness (QED) is 0.380. The van der Waals surface area contributed by atoms with Crippen LogP contribution in [0.1, 0.15) is 6.42 Å². The lowest BCUT2D eigenvalue weighted by molar-refractivity contribution is 0.381. The van der Waals surface area contributed by atoms with Crippen molar-refractivity contribution in [3.05, 3.63) is 23.9 Å². The molecule has 8 heteroatoms. The van der Waals surface area contributed by atoms with Crippen LogP contribution in [0.3, 0.4) is 0 Å². The smallest absolute Gasteiger partial charge is 0.383 e. The summed E-state index contributed by atoms with van der Waals surface area (Å²) in [5, 5.41) is 11.7. The number of nitrogens with one attached hydrogen (secondary N) is 1. The van der Waals surface area contributed by atoms with E-state index in [2.05, 4.69) is 11.4 Å². The fraction of sp³-hybridized carbons (Fsp3) is 0.500. The Bertz CT molecular complexity index is 399. The summed E-state index contributed by atoms with van der Waals surface area (Å²) < 4.78 is 31.6. The van der Waals surface area contributed by atoms with E-state index in [9.17, 15) is 0 Å². The van der Waals surface area contributed by atoms with Gasteiger partial charge < -0.3 is 10.2 Å².